The molecule has 0 unspecified atom stereocenters. The molecule has 208 valence electrons. The summed E-state index contributed by atoms with van der Waals surface area (Å²) in [5.74, 6) is -1.70. The first-order valence-electron chi connectivity index (χ1n) is 12.8. The molecule has 2 aromatic rings. The van der Waals surface area contributed by atoms with Crippen molar-refractivity contribution in [3.05, 3.63) is 35.7 Å². The van der Waals surface area contributed by atoms with E-state index in [1.54, 1.807) is 29.9 Å². The summed E-state index contributed by atoms with van der Waals surface area (Å²) in [7, 11) is 3.20. The quantitative estimate of drug-likeness (QED) is 0.395. The van der Waals surface area contributed by atoms with Gasteiger partial charge in [0.1, 0.15) is 5.75 Å². The highest BCUT2D eigenvalue weighted by molar-refractivity contribution is 5.94. The number of carboxylic acids is 1. The van der Waals surface area contributed by atoms with E-state index in [1.165, 1.54) is 0 Å². The summed E-state index contributed by atoms with van der Waals surface area (Å²) in [5, 5.41) is 27.9. The van der Waals surface area contributed by atoms with Crippen LogP contribution in [0, 0.1) is 11.8 Å². The van der Waals surface area contributed by atoms with E-state index >= 15 is 0 Å². The van der Waals surface area contributed by atoms with Crippen LogP contribution in [-0.4, -0.2) is 99.5 Å². The first-order chi connectivity index (χ1) is 18.2. The predicted octanol–water partition coefficient (Wildman–Crippen LogP) is 2.80. The van der Waals surface area contributed by atoms with Crippen LogP contribution in [0.2, 0.25) is 0 Å². The normalized spacial score (nSPS) is 17.4. The highest BCUT2D eigenvalue weighted by Crippen LogP contribution is 2.26. The minimum absolute atomic E-state index is 0.0325. The summed E-state index contributed by atoms with van der Waals surface area (Å²) in [6.45, 7) is 4.72. The number of unbranched alkanes of at least 4 members (excludes halogenated alkanes) is 1. The molecule has 2 N–H and O–H groups in total. The molecule has 1 saturated heterocycles. The van der Waals surface area contributed by atoms with Crippen LogP contribution in [0.25, 0.3) is 5.69 Å². The molecule has 0 bridgehead atoms. The molecule has 12 nitrogen and oxygen atoms in total. The smallest absolute Gasteiger partial charge is 0.407 e. The van der Waals surface area contributed by atoms with Crippen molar-refractivity contribution in [3.8, 4) is 11.4 Å². The lowest BCUT2D eigenvalue weighted by Gasteiger charge is -2.41. The number of carboxylic acid groups (broad SMARTS) is 2. The zero-order chi connectivity index (χ0) is 27.8. The lowest BCUT2D eigenvalue weighted by Crippen LogP contribution is -2.56. The van der Waals surface area contributed by atoms with Gasteiger partial charge in [-0.15, -0.1) is 5.10 Å². The van der Waals surface area contributed by atoms with Crippen LogP contribution in [-0.2, 0) is 16.0 Å². The first kappa shape index (κ1) is 28.9. The van der Waals surface area contributed by atoms with Gasteiger partial charge in [-0.2, -0.15) is 0 Å². The van der Waals surface area contributed by atoms with Gasteiger partial charge in [0.05, 0.1) is 30.5 Å². The number of nitrogens with zero attached hydrogens (tertiary/aromatic N) is 5. The molecule has 3 rings (SSSR count). The van der Waals surface area contributed by atoms with Gasteiger partial charge in [-0.1, -0.05) is 25.1 Å². The van der Waals surface area contributed by atoms with E-state index in [-0.39, 0.29) is 31.1 Å². The Labute approximate surface area is 222 Å². The average Bonchev–Trinajstić information content (AvgIpc) is 3.32. The standard InChI is InChI=1S/C26H37N5O7/c1-17(2)14-30(20-12-18(25(33)34)15-29(16-20)26(35)36)24(32)23-22(10-5-6-11-37-3)31(28-27-23)19-8-7-9-21(13-19)38-4/h7-9,13,17-18,20H,5-6,10-12,14-16H2,1-4H3,(H,33,34)(H,35,36)/t18-,20+/m1/s1. The molecule has 0 radical (unpaired) electrons. The van der Waals surface area contributed by atoms with Crippen molar-refractivity contribution in [2.75, 3.05) is 40.5 Å². The molecule has 38 heavy (non-hydrogen) atoms. The third-order valence-electron chi connectivity index (χ3n) is 6.59. The van der Waals surface area contributed by atoms with E-state index in [0.717, 1.165) is 17.7 Å². The van der Waals surface area contributed by atoms with E-state index in [9.17, 15) is 24.6 Å². The predicted molar refractivity (Wildman–Crippen MR) is 138 cm³/mol. The number of hydrogen-bond acceptors (Lipinski definition) is 7. The molecule has 1 aliphatic rings. The summed E-state index contributed by atoms with van der Waals surface area (Å²) in [6, 6.07) is 6.67. The van der Waals surface area contributed by atoms with Crippen LogP contribution in [0.5, 0.6) is 5.75 Å². The molecule has 0 spiro atoms. The monoisotopic (exact) mass is 531 g/mol. The van der Waals surface area contributed by atoms with Gasteiger partial charge in [-0.25, -0.2) is 9.48 Å². The molecule has 0 aliphatic carbocycles. The third kappa shape index (κ3) is 7.00. The second-order valence-corrected chi connectivity index (χ2v) is 9.91. The molecule has 0 saturated carbocycles. The van der Waals surface area contributed by atoms with Crippen molar-refractivity contribution in [1.82, 2.24) is 24.8 Å². The summed E-state index contributed by atoms with van der Waals surface area (Å²) in [5.41, 5.74) is 1.48. The van der Waals surface area contributed by atoms with Crippen LogP contribution < -0.4 is 4.74 Å². The second-order valence-electron chi connectivity index (χ2n) is 9.91. The number of likely N-dealkylation sites (tertiary alicyclic amines) is 1. The Morgan fingerprint density at radius 1 is 1.16 bits per heavy atom. The molecule has 2 atom stereocenters. The zero-order valence-corrected chi connectivity index (χ0v) is 22.4. The molecular weight excluding hydrogens is 494 g/mol. The Bertz CT molecular complexity index is 1100. The topological polar surface area (TPSA) is 147 Å². The number of amides is 2. The molecule has 1 aromatic heterocycles. The van der Waals surface area contributed by atoms with Crippen LogP contribution in [0.3, 0.4) is 0 Å². The van der Waals surface area contributed by atoms with Gasteiger partial charge in [0.2, 0.25) is 0 Å². The Balaban J connectivity index is 2.01. The van der Waals surface area contributed by atoms with E-state index in [2.05, 4.69) is 10.3 Å². The highest BCUT2D eigenvalue weighted by Gasteiger charge is 2.39. The minimum atomic E-state index is -1.21. The number of carbonyl (C=O) groups excluding carboxylic acids is 1. The number of aliphatic carboxylic acids is 1. The van der Waals surface area contributed by atoms with Gasteiger partial charge in [-0.3, -0.25) is 9.59 Å². The van der Waals surface area contributed by atoms with E-state index in [4.69, 9.17) is 9.47 Å². The Morgan fingerprint density at radius 3 is 2.55 bits per heavy atom. The number of carbonyl (C=O) groups is 3. The van der Waals surface area contributed by atoms with Gasteiger partial charge in [0.25, 0.3) is 5.91 Å². The number of benzene rings is 1. The SMILES string of the molecule is COCCCCc1c(C(=O)N(CC(C)C)[C@H]2C[C@@H](C(=O)O)CN(C(=O)O)C2)nnn1-c1cccc(OC)c1. The van der Waals surface area contributed by atoms with Gasteiger partial charge >= 0.3 is 12.1 Å². The van der Waals surface area contributed by atoms with E-state index in [1.807, 2.05) is 32.0 Å². The number of aromatic nitrogens is 3. The number of ether oxygens (including phenoxy) is 2. The number of hydrogen-bond donors (Lipinski definition) is 2. The summed E-state index contributed by atoms with van der Waals surface area (Å²) < 4.78 is 12.1. The van der Waals surface area contributed by atoms with Crippen LogP contribution in [0.1, 0.15) is 49.3 Å². The van der Waals surface area contributed by atoms with Crippen molar-refractivity contribution in [2.24, 2.45) is 11.8 Å². The second kappa shape index (κ2) is 13.2. The summed E-state index contributed by atoms with van der Waals surface area (Å²) >= 11 is 0. The molecule has 2 heterocycles. The third-order valence-corrected chi connectivity index (χ3v) is 6.59. The summed E-state index contributed by atoms with van der Waals surface area (Å²) in [4.78, 5) is 40.3. The van der Waals surface area contributed by atoms with E-state index in [0.29, 0.717) is 36.7 Å². The van der Waals surface area contributed by atoms with Crippen molar-refractivity contribution < 1.29 is 34.1 Å². The molecule has 1 aromatic carbocycles. The van der Waals surface area contributed by atoms with Crippen molar-refractivity contribution in [3.63, 3.8) is 0 Å². The Hall–Kier alpha value is -3.67. The highest BCUT2D eigenvalue weighted by atomic mass is 16.5. The largest absolute Gasteiger partial charge is 0.497 e. The van der Waals surface area contributed by atoms with Crippen LogP contribution >= 0.6 is 0 Å². The fourth-order valence-electron chi connectivity index (χ4n) is 4.74. The van der Waals surface area contributed by atoms with Gasteiger partial charge in [0.15, 0.2) is 5.69 Å². The molecule has 12 heteroatoms. The lowest BCUT2D eigenvalue weighted by molar-refractivity contribution is -0.144. The fourth-order valence-corrected chi connectivity index (χ4v) is 4.74. The Kier molecular flexibility index (Phi) is 10.1. The first-order valence-corrected chi connectivity index (χ1v) is 12.8. The minimum Gasteiger partial charge on any atom is -0.497 e. The van der Waals surface area contributed by atoms with Gasteiger partial charge in [0, 0.05) is 39.4 Å². The zero-order valence-electron chi connectivity index (χ0n) is 22.4. The maximum absolute atomic E-state index is 14.1. The fraction of sp³-hybridized carbons (Fsp3) is 0.577. The lowest BCUT2D eigenvalue weighted by atomic mass is 9.92. The number of rotatable bonds is 12. The number of piperidine rings is 1. The number of methoxy groups -OCH3 is 2. The van der Waals surface area contributed by atoms with Gasteiger partial charge < -0.3 is 29.5 Å². The average molecular weight is 532 g/mol. The summed E-state index contributed by atoms with van der Waals surface area (Å²) in [6.07, 6.45) is 0.964. The van der Waals surface area contributed by atoms with Crippen molar-refractivity contribution in [2.45, 2.75) is 45.6 Å². The molecule has 1 fully saturated rings. The van der Waals surface area contributed by atoms with Crippen LogP contribution in [0.15, 0.2) is 24.3 Å². The maximum atomic E-state index is 14.1. The van der Waals surface area contributed by atoms with Crippen molar-refractivity contribution >= 4 is 18.0 Å². The van der Waals surface area contributed by atoms with E-state index < -0.39 is 29.9 Å². The molecule has 1 aliphatic heterocycles. The maximum Gasteiger partial charge on any atom is 0.407 e. The van der Waals surface area contributed by atoms with Crippen LogP contribution in [0.4, 0.5) is 4.79 Å². The molecular formula is C26H37N5O7. The Morgan fingerprint density at radius 2 is 1.92 bits per heavy atom. The van der Waals surface area contributed by atoms with Gasteiger partial charge in [-0.05, 0) is 43.7 Å². The van der Waals surface area contributed by atoms with Crippen molar-refractivity contribution in [1.29, 1.82) is 0 Å². The molecule has 2 amide bonds.